The minimum Gasteiger partial charge on any atom is -0.310 e. The second kappa shape index (κ2) is 11.8. The Balaban J connectivity index is 1.05. The summed E-state index contributed by atoms with van der Waals surface area (Å²) in [5.41, 5.74) is 14.4. The first-order valence-corrected chi connectivity index (χ1v) is 19.4. The van der Waals surface area contributed by atoms with Crippen molar-refractivity contribution in [2.45, 2.75) is 19.3 Å². The zero-order valence-electron chi connectivity index (χ0n) is 30.0. The van der Waals surface area contributed by atoms with E-state index in [9.17, 15) is 0 Å². The van der Waals surface area contributed by atoms with Crippen molar-refractivity contribution in [2.75, 3.05) is 4.90 Å². The molecule has 8 aromatic carbocycles. The summed E-state index contributed by atoms with van der Waals surface area (Å²) in [6.45, 7) is 4.72. The number of benzene rings is 8. The second-order valence-electron chi connectivity index (χ2n) is 14.9. The largest absolute Gasteiger partial charge is 0.310 e. The molecule has 0 amide bonds. The molecule has 2 heterocycles. The number of thiazole rings is 1. The molecule has 0 bridgehead atoms. The summed E-state index contributed by atoms with van der Waals surface area (Å²) in [7, 11) is 0. The van der Waals surface area contributed by atoms with Gasteiger partial charge in [0.15, 0.2) is 0 Å². The Morgan fingerprint density at radius 1 is 0.519 bits per heavy atom. The van der Waals surface area contributed by atoms with Crippen molar-refractivity contribution in [3.05, 3.63) is 187 Å². The average molecular weight is 710 g/mol. The van der Waals surface area contributed by atoms with Crippen LogP contribution in [0.4, 0.5) is 17.1 Å². The number of anilines is 3. The van der Waals surface area contributed by atoms with Crippen molar-refractivity contribution < 1.29 is 0 Å². The van der Waals surface area contributed by atoms with Gasteiger partial charge in [-0.05, 0) is 118 Å². The number of hydrogen-bond acceptors (Lipinski definition) is 3. The lowest BCUT2D eigenvalue weighted by molar-refractivity contribution is 0.662. The molecule has 1 aliphatic rings. The Morgan fingerprint density at radius 2 is 1.17 bits per heavy atom. The molecular formula is C50H35N3S. The van der Waals surface area contributed by atoms with Crippen LogP contribution in [-0.4, -0.2) is 9.55 Å². The molecule has 0 spiro atoms. The van der Waals surface area contributed by atoms with E-state index in [0.717, 1.165) is 33.3 Å². The Hall–Kier alpha value is -6.49. The smallest absolute Gasteiger partial charge is 0.124 e. The minimum atomic E-state index is -0.156. The number of para-hydroxylation sites is 3. The first kappa shape index (κ1) is 31.1. The van der Waals surface area contributed by atoms with Gasteiger partial charge in [-0.3, -0.25) is 0 Å². The zero-order valence-corrected chi connectivity index (χ0v) is 30.8. The van der Waals surface area contributed by atoms with Crippen molar-refractivity contribution in [3.8, 4) is 27.4 Å². The molecule has 2 aromatic heterocycles. The van der Waals surface area contributed by atoms with Gasteiger partial charge >= 0.3 is 0 Å². The van der Waals surface area contributed by atoms with Gasteiger partial charge in [0.05, 0.1) is 21.3 Å². The van der Waals surface area contributed by atoms with Gasteiger partial charge in [0, 0.05) is 44.5 Å². The van der Waals surface area contributed by atoms with Crippen molar-refractivity contribution in [1.82, 2.24) is 9.55 Å². The van der Waals surface area contributed by atoms with Crippen LogP contribution in [0.25, 0.3) is 70.2 Å². The molecule has 54 heavy (non-hydrogen) atoms. The van der Waals surface area contributed by atoms with E-state index in [0.29, 0.717) is 0 Å². The number of hydrogen-bond donors (Lipinski definition) is 0. The fourth-order valence-corrected chi connectivity index (χ4v) is 9.70. The standard InChI is InChI=1S/C50H35N3S/c1-50(2)43-28-34-26-37(23-22-33(34)27-40(43)41-30-48-45(31-44(41)50)51-49(54-48)32-14-6-3-7-15-32)52(35-16-8-4-9-17-35)38-24-25-47-42(29-38)39-20-12-13-21-46(39)53(47)36-18-10-5-11-19-36/h3-31H,1-2H3. The van der Waals surface area contributed by atoms with Crippen LogP contribution in [-0.2, 0) is 5.41 Å². The van der Waals surface area contributed by atoms with E-state index in [4.69, 9.17) is 4.98 Å². The van der Waals surface area contributed by atoms with Crippen LogP contribution < -0.4 is 4.90 Å². The molecule has 4 heteroatoms. The highest BCUT2D eigenvalue weighted by atomic mass is 32.1. The molecule has 1 aliphatic carbocycles. The maximum Gasteiger partial charge on any atom is 0.124 e. The quantitative estimate of drug-likeness (QED) is 0.177. The highest BCUT2D eigenvalue weighted by molar-refractivity contribution is 7.21. The van der Waals surface area contributed by atoms with Crippen LogP contribution in [0.15, 0.2) is 176 Å². The highest BCUT2D eigenvalue weighted by Gasteiger charge is 2.36. The molecule has 256 valence electrons. The van der Waals surface area contributed by atoms with Crippen LogP contribution in [0, 0.1) is 0 Å². The van der Waals surface area contributed by atoms with E-state index in [-0.39, 0.29) is 5.41 Å². The molecule has 0 unspecified atom stereocenters. The third-order valence-electron chi connectivity index (χ3n) is 11.3. The Labute approximate surface area is 318 Å². The lowest BCUT2D eigenvalue weighted by atomic mass is 9.82. The summed E-state index contributed by atoms with van der Waals surface area (Å²) in [5.74, 6) is 0. The SMILES string of the molecule is CC1(C)c2cc3cc(N(c4ccccc4)c4ccc5c(c4)c4ccccc4n5-c4ccccc4)ccc3cc2-c2cc3sc(-c4ccccc4)nc3cc21. The van der Waals surface area contributed by atoms with Crippen LogP contribution in [0.2, 0.25) is 0 Å². The van der Waals surface area contributed by atoms with E-state index < -0.39 is 0 Å². The van der Waals surface area contributed by atoms with Crippen molar-refractivity contribution in [2.24, 2.45) is 0 Å². The molecular weight excluding hydrogens is 675 g/mol. The lowest BCUT2D eigenvalue weighted by Gasteiger charge is -2.26. The van der Waals surface area contributed by atoms with E-state index in [1.165, 1.54) is 65.1 Å². The summed E-state index contributed by atoms with van der Waals surface area (Å²) in [6.07, 6.45) is 0. The summed E-state index contributed by atoms with van der Waals surface area (Å²) >= 11 is 1.78. The summed E-state index contributed by atoms with van der Waals surface area (Å²) in [5, 5.41) is 6.03. The van der Waals surface area contributed by atoms with Gasteiger partial charge in [-0.2, -0.15) is 0 Å². The second-order valence-corrected chi connectivity index (χ2v) is 15.9. The highest BCUT2D eigenvalue weighted by Crippen LogP contribution is 2.52. The maximum atomic E-state index is 5.10. The Morgan fingerprint density at radius 3 is 1.98 bits per heavy atom. The first-order valence-electron chi connectivity index (χ1n) is 18.5. The van der Waals surface area contributed by atoms with Gasteiger partial charge in [0.1, 0.15) is 5.01 Å². The molecule has 11 rings (SSSR count). The summed E-state index contributed by atoms with van der Waals surface area (Å²) in [6, 6.07) is 64.1. The Bertz CT molecular complexity index is 3070. The number of rotatable bonds is 5. The van der Waals surface area contributed by atoms with Gasteiger partial charge in [-0.15, -0.1) is 11.3 Å². The third-order valence-corrected chi connectivity index (χ3v) is 12.4. The number of fused-ring (bicyclic) bond motifs is 8. The molecule has 0 radical (unpaired) electrons. The Kier molecular flexibility index (Phi) is 6.77. The van der Waals surface area contributed by atoms with Crippen molar-refractivity contribution in [1.29, 1.82) is 0 Å². The fourth-order valence-electron chi connectivity index (χ4n) is 8.71. The number of aromatic nitrogens is 2. The van der Waals surface area contributed by atoms with Crippen LogP contribution in [0.5, 0.6) is 0 Å². The molecule has 0 fully saturated rings. The van der Waals surface area contributed by atoms with Gasteiger partial charge in [0.2, 0.25) is 0 Å². The van der Waals surface area contributed by atoms with Crippen LogP contribution in [0.3, 0.4) is 0 Å². The fraction of sp³-hybridized carbons (Fsp3) is 0.0600. The van der Waals surface area contributed by atoms with Crippen LogP contribution in [0.1, 0.15) is 25.0 Å². The van der Waals surface area contributed by atoms with Gasteiger partial charge < -0.3 is 9.47 Å². The zero-order chi connectivity index (χ0) is 36.0. The normalized spacial score (nSPS) is 13.1. The molecule has 3 nitrogen and oxygen atoms in total. The molecule has 0 N–H and O–H groups in total. The predicted octanol–water partition coefficient (Wildman–Crippen LogP) is 14.0. The van der Waals surface area contributed by atoms with Gasteiger partial charge in [0.25, 0.3) is 0 Å². The van der Waals surface area contributed by atoms with E-state index in [1.807, 2.05) is 0 Å². The molecule has 0 atom stereocenters. The molecule has 0 saturated heterocycles. The van der Waals surface area contributed by atoms with E-state index in [1.54, 1.807) is 11.3 Å². The first-order chi connectivity index (χ1) is 26.5. The maximum absolute atomic E-state index is 5.10. The van der Waals surface area contributed by atoms with Gasteiger partial charge in [-0.25, -0.2) is 4.98 Å². The summed E-state index contributed by atoms with van der Waals surface area (Å²) in [4.78, 5) is 7.49. The topological polar surface area (TPSA) is 21.1 Å². The summed E-state index contributed by atoms with van der Waals surface area (Å²) < 4.78 is 3.61. The molecule has 0 aliphatic heterocycles. The lowest BCUT2D eigenvalue weighted by Crippen LogP contribution is -2.15. The van der Waals surface area contributed by atoms with Crippen LogP contribution >= 0.6 is 11.3 Å². The predicted molar refractivity (Wildman–Crippen MR) is 229 cm³/mol. The number of nitrogens with zero attached hydrogens (tertiary/aromatic N) is 3. The third kappa shape index (κ3) is 4.70. The monoisotopic (exact) mass is 709 g/mol. The molecule has 10 aromatic rings. The van der Waals surface area contributed by atoms with E-state index in [2.05, 4.69) is 199 Å². The van der Waals surface area contributed by atoms with E-state index >= 15 is 0 Å². The average Bonchev–Trinajstić information content (AvgIpc) is 3.85. The molecule has 0 saturated carbocycles. The minimum absolute atomic E-state index is 0.156. The van der Waals surface area contributed by atoms with Gasteiger partial charge in [-0.1, -0.05) is 105 Å². The van der Waals surface area contributed by atoms with Crippen molar-refractivity contribution >= 4 is 71.2 Å². The van der Waals surface area contributed by atoms with Crippen molar-refractivity contribution in [3.63, 3.8) is 0 Å².